The van der Waals surface area contributed by atoms with Crippen LogP contribution in [0, 0.1) is 0 Å². The van der Waals surface area contributed by atoms with Gasteiger partial charge in [0.25, 0.3) is 5.91 Å². The van der Waals surface area contributed by atoms with Crippen LogP contribution in [0.2, 0.25) is 10.0 Å². The molecule has 0 spiro atoms. The number of aromatic nitrogens is 2. The first kappa shape index (κ1) is 26.5. The van der Waals surface area contributed by atoms with E-state index in [1.807, 2.05) is 42.1 Å². The predicted octanol–water partition coefficient (Wildman–Crippen LogP) is 4.98. The Kier molecular flexibility index (Phi) is 7.39. The fraction of sp³-hybridized carbons (Fsp3) is 0.308. The summed E-state index contributed by atoms with van der Waals surface area (Å²) in [7, 11) is 1.87. The first-order chi connectivity index (χ1) is 18.1. The zero-order chi connectivity index (χ0) is 27.0. The Bertz CT molecular complexity index is 1380. The van der Waals surface area contributed by atoms with Gasteiger partial charge in [-0.25, -0.2) is 19.5 Å². The summed E-state index contributed by atoms with van der Waals surface area (Å²) in [5.74, 6) is -0.412. The van der Waals surface area contributed by atoms with Gasteiger partial charge in [0.2, 0.25) is 0 Å². The van der Waals surface area contributed by atoms with Gasteiger partial charge in [-0.15, -0.1) is 0 Å². The minimum Gasteiger partial charge on any atom is -0.444 e. The molecule has 0 unspecified atom stereocenters. The van der Waals surface area contributed by atoms with E-state index >= 15 is 0 Å². The molecule has 0 radical (unpaired) electrons. The molecule has 38 heavy (non-hydrogen) atoms. The summed E-state index contributed by atoms with van der Waals surface area (Å²) < 4.78 is 8.39. The summed E-state index contributed by atoms with van der Waals surface area (Å²) in [5, 5.41) is 3.35. The van der Waals surface area contributed by atoms with Gasteiger partial charge < -0.3 is 19.5 Å². The maximum Gasteiger partial charge on any atom is 0.407 e. The van der Waals surface area contributed by atoms with Crippen molar-refractivity contribution < 1.29 is 19.1 Å². The van der Waals surface area contributed by atoms with Gasteiger partial charge in [0, 0.05) is 53.6 Å². The number of rotatable bonds is 7. The number of fused-ring (bicyclic) bond motifs is 1. The molecule has 5 rings (SSSR count). The van der Waals surface area contributed by atoms with Gasteiger partial charge in [0.1, 0.15) is 11.6 Å². The molecule has 2 saturated heterocycles. The van der Waals surface area contributed by atoms with Crippen LogP contribution in [-0.4, -0.2) is 57.2 Å². The number of carbonyl (C=O) groups is 3. The fourth-order valence-corrected chi connectivity index (χ4v) is 5.83. The molecule has 2 atom stereocenters. The topological polar surface area (TPSA) is 96.8 Å². The Hall–Kier alpha value is -3.08. The lowest BCUT2D eigenvalue weighted by molar-refractivity contribution is -0.124. The molecule has 2 aromatic carbocycles. The number of aryl methyl sites for hydroxylation is 1. The van der Waals surface area contributed by atoms with E-state index in [1.165, 1.54) is 23.1 Å². The molecule has 4 amide bonds. The summed E-state index contributed by atoms with van der Waals surface area (Å²) in [6.45, 7) is 0.428. The number of urea groups is 1. The SMILES string of the molecule is Cn1cnc(CCNC(=O)O[C@H]2CN3C(=O)N(c4cc(Cl)cc(Cl)c4)C(=O)[C@]3(Cc3ccc(Br)cc3)C2)c1. The smallest absolute Gasteiger partial charge is 0.407 e. The van der Waals surface area contributed by atoms with Crippen molar-refractivity contribution in [1.29, 1.82) is 0 Å². The molecule has 0 bridgehead atoms. The number of carbonyl (C=O) groups excluding carboxylic acids is 3. The third-order valence-electron chi connectivity index (χ3n) is 6.69. The van der Waals surface area contributed by atoms with Crippen LogP contribution in [0.1, 0.15) is 17.7 Å². The normalized spacial score (nSPS) is 20.7. The standard InChI is InChI=1S/C26H24BrCl2N5O4/c1-32-13-20(31-15-32)6-7-30-24(36)38-22-12-26(11-16-2-4-17(27)5-3-16)23(35)34(25(37)33(26)14-22)21-9-18(28)8-19(29)10-21/h2-5,8-10,13,15,22H,6-7,11-12,14H2,1H3,(H,30,36)/t22-,26+/m1/s1. The monoisotopic (exact) mass is 619 g/mol. The van der Waals surface area contributed by atoms with E-state index in [0.29, 0.717) is 28.7 Å². The van der Waals surface area contributed by atoms with E-state index < -0.39 is 29.7 Å². The van der Waals surface area contributed by atoms with Crippen molar-refractivity contribution in [1.82, 2.24) is 19.8 Å². The molecule has 198 valence electrons. The average Bonchev–Trinajstić information content (AvgIpc) is 3.48. The quantitative estimate of drug-likeness (QED) is 0.376. The molecule has 2 aliphatic heterocycles. The summed E-state index contributed by atoms with van der Waals surface area (Å²) in [6.07, 6.45) is 3.28. The molecule has 1 N–H and O–H groups in total. The largest absolute Gasteiger partial charge is 0.444 e. The van der Waals surface area contributed by atoms with E-state index in [1.54, 1.807) is 6.33 Å². The van der Waals surface area contributed by atoms with Gasteiger partial charge in [0.15, 0.2) is 0 Å². The van der Waals surface area contributed by atoms with Crippen molar-refractivity contribution in [3.63, 3.8) is 0 Å². The maximum absolute atomic E-state index is 14.0. The van der Waals surface area contributed by atoms with E-state index in [9.17, 15) is 14.4 Å². The highest BCUT2D eigenvalue weighted by Crippen LogP contribution is 2.44. The summed E-state index contributed by atoms with van der Waals surface area (Å²) in [6, 6.07) is 11.6. The molecule has 2 fully saturated rings. The van der Waals surface area contributed by atoms with Gasteiger partial charge in [-0.1, -0.05) is 51.3 Å². The van der Waals surface area contributed by atoms with Crippen LogP contribution < -0.4 is 10.2 Å². The van der Waals surface area contributed by atoms with Crippen LogP contribution >= 0.6 is 39.1 Å². The third kappa shape index (κ3) is 5.25. The molecule has 9 nitrogen and oxygen atoms in total. The van der Waals surface area contributed by atoms with Crippen LogP contribution in [0.15, 0.2) is 59.5 Å². The molecule has 2 aliphatic rings. The van der Waals surface area contributed by atoms with Crippen molar-refractivity contribution in [3.8, 4) is 0 Å². The van der Waals surface area contributed by atoms with Gasteiger partial charge >= 0.3 is 12.1 Å². The summed E-state index contributed by atoms with van der Waals surface area (Å²) >= 11 is 15.8. The number of ether oxygens (including phenoxy) is 1. The molecule has 0 aliphatic carbocycles. The lowest BCUT2D eigenvalue weighted by Crippen LogP contribution is -2.47. The van der Waals surface area contributed by atoms with Crippen LogP contribution in [0.4, 0.5) is 15.3 Å². The highest BCUT2D eigenvalue weighted by molar-refractivity contribution is 9.10. The lowest BCUT2D eigenvalue weighted by Gasteiger charge is -2.28. The maximum atomic E-state index is 14.0. The van der Waals surface area contributed by atoms with Crippen molar-refractivity contribution in [2.75, 3.05) is 18.0 Å². The predicted molar refractivity (Wildman–Crippen MR) is 146 cm³/mol. The second-order valence-corrected chi connectivity index (χ2v) is 11.2. The molecule has 12 heteroatoms. The van der Waals surface area contributed by atoms with Crippen LogP contribution in [0.25, 0.3) is 0 Å². The summed E-state index contributed by atoms with van der Waals surface area (Å²) in [4.78, 5) is 47.0. The Morgan fingerprint density at radius 1 is 1.18 bits per heavy atom. The number of amides is 4. The van der Waals surface area contributed by atoms with Crippen LogP contribution in [-0.2, 0) is 29.4 Å². The first-order valence-corrected chi connectivity index (χ1v) is 13.5. The molecule has 3 aromatic rings. The summed E-state index contributed by atoms with van der Waals surface area (Å²) in [5.41, 5.74) is 0.788. The third-order valence-corrected chi connectivity index (χ3v) is 7.65. The second-order valence-electron chi connectivity index (χ2n) is 9.43. The van der Waals surface area contributed by atoms with Gasteiger partial charge in [-0.3, -0.25) is 4.79 Å². The van der Waals surface area contributed by atoms with E-state index in [0.717, 1.165) is 20.6 Å². The number of halogens is 3. The Morgan fingerprint density at radius 3 is 2.55 bits per heavy atom. The number of hydrogen-bond acceptors (Lipinski definition) is 5. The number of imide groups is 1. The molecule has 0 saturated carbocycles. The molecular weight excluding hydrogens is 597 g/mol. The number of alkyl carbamates (subject to hydrolysis) is 1. The minimum absolute atomic E-state index is 0.0829. The number of benzene rings is 2. The van der Waals surface area contributed by atoms with Gasteiger partial charge in [-0.05, 0) is 35.9 Å². The van der Waals surface area contributed by atoms with Crippen molar-refractivity contribution >= 4 is 62.9 Å². The number of imidazole rings is 1. The fourth-order valence-electron chi connectivity index (χ4n) is 5.05. The zero-order valence-electron chi connectivity index (χ0n) is 20.4. The Morgan fingerprint density at radius 2 is 1.89 bits per heavy atom. The average molecular weight is 621 g/mol. The number of nitrogens with zero attached hydrogens (tertiary/aromatic N) is 4. The van der Waals surface area contributed by atoms with Crippen molar-refractivity contribution in [2.24, 2.45) is 7.05 Å². The van der Waals surface area contributed by atoms with E-state index in [2.05, 4.69) is 26.2 Å². The first-order valence-electron chi connectivity index (χ1n) is 11.9. The Labute approximate surface area is 237 Å². The second kappa shape index (κ2) is 10.6. The highest BCUT2D eigenvalue weighted by atomic mass is 79.9. The van der Waals surface area contributed by atoms with Crippen molar-refractivity contribution in [2.45, 2.75) is 30.9 Å². The van der Waals surface area contributed by atoms with E-state index in [4.69, 9.17) is 27.9 Å². The van der Waals surface area contributed by atoms with Crippen LogP contribution in [0.5, 0.6) is 0 Å². The highest BCUT2D eigenvalue weighted by Gasteiger charge is 2.63. The lowest BCUT2D eigenvalue weighted by atomic mass is 9.87. The van der Waals surface area contributed by atoms with Crippen LogP contribution in [0.3, 0.4) is 0 Å². The number of nitrogens with one attached hydrogen (secondary N) is 1. The Balaban J connectivity index is 1.35. The number of hydrogen-bond donors (Lipinski definition) is 1. The zero-order valence-corrected chi connectivity index (χ0v) is 23.5. The molecule has 3 heterocycles. The van der Waals surface area contributed by atoms with Crippen molar-refractivity contribution in [3.05, 3.63) is 80.8 Å². The number of anilines is 1. The minimum atomic E-state index is -1.22. The molecular formula is C26H24BrCl2N5O4. The van der Waals surface area contributed by atoms with E-state index in [-0.39, 0.29) is 19.4 Å². The van der Waals surface area contributed by atoms with Gasteiger partial charge in [-0.2, -0.15) is 0 Å². The van der Waals surface area contributed by atoms with Gasteiger partial charge in [0.05, 0.1) is 24.3 Å². The molecule has 1 aromatic heterocycles.